The molecule has 2 aromatic rings. The lowest BCUT2D eigenvalue weighted by molar-refractivity contribution is 0.0314. The topological polar surface area (TPSA) is 148 Å². The summed E-state index contributed by atoms with van der Waals surface area (Å²) < 4.78 is 61.5. The summed E-state index contributed by atoms with van der Waals surface area (Å²) in [5.41, 5.74) is -0.365. The summed E-state index contributed by atoms with van der Waals surface area (Å²) in [6, 6.07) is 10.3. The molecule has 0 N–H and O–H groups in total. The van der Waals surface area contributed by atoms with Gasteiger partial charge in [0.05, 0.1) is 31.4 Å². The van der Waals surface area contributed by atoms with E-state index in [1.165, 1.54) is 39.0 Å². The molecule has 1 aliphatic rings. The number of nitrogens with zero attached hydrogens (tertiary/aromatic N) is 5. The van der Waals surface area contributed by atoms with Gasteiger partial charge in [0.25, 0.3) is 10.1 Å². The number of aryl methyl sites for hydroxylation is 1. The number of benzene rings is 2. The zero-order valence-electron chi connectivity index (χ0n) is 30.2. The first-order valence-corrected chi connectivity index (χ1v) is 17.5. The molecule has 1 aliphatic heterocycles. The van der Waals surface area contributed by atoms with Crippen LogP contribution in [0.5, 0.6) is 5.75 Å². The Bertz CT molecular complexity index is 1640. The van der Waals surface area contributed by atoms with E-state index in [-0.39, 0.29) is 68.6 Å². The van der Waals surface area contributed by atoms with Crippen LogP contribution in [0.3, 0.4) is 0 Å². The van der Waals surface area contributed by atoms with Crippen LogP contribution in [0.2, 0.25) is 0 Å². The van der Waals surface area contributed by atoms with Gasteiger partial charge in [-0.1, -0.05) is 23.8 Å². The van der Waals surface area contributed by atoms with Gasteiger partial charge in [0, 0.05) is 27.1 Å². The summed E-state index contributed by atoms with van der Waals surface area (Å²) in [5.74, 6) is -0.818. The molecule has 0 aliphatic carbocycles. The van der Waals surface area contributed by atoms with Gasteiger partial charge in [-0.15, -0.1) is 4.99 Å². The smallest absolute Gasteiger partial charge is 0.437 e. The molecule has 1 saturated heterocycles. The van der Waals surface area contributed by atoms with Gasteiger partial charge in [-0.2, -0.15) is 8.42 Å². The molecule has 0 atom stereocenters. The summed E-state index contributed by atoms with van der Waals surface area (Å²) in [7, 11) is -0.785. The molecule has 0 radical (unpaired) electrons. The van der Waals surface area contributed by atoms with E-state index in [2.05, 4.69) is 4.99 Å². The number of halogens is 1. The van der Waals surface area contributed by atoms with Crippen molar-refractivity contribution in [3.63, 3.8) is 0 Å². The third-order valence-corrected chi connectivity index (χ3v) is 8.18. The van der Waals surface area contributed by atoms with Crippen LogP contribution in [0, 0.1) is 12.7 Å². The fourth-order valence-corrected chi connectivity index (χ4v) is 5.54. The minimum Gasteiger partial charge on any atom is -0.490 e. The largest absolute Gasteiger partial charge is 0.490 e. The normalized spacial score (nSPS) is 14.5. The first kappa shape index (κ1) is 40.0. The van der Waals surface area contributed by atoms with Crippen LogP contribution in [0.1, 0.15) is 59.1 Å². The number of hydrogen-bond donors (Lipinski definition) is 0. The second kappa shape index (κ2) is 16.5. The molecule has 2 aromatic carbocycles. The van der Waals surface area contributed by atoms with E-state index in [9.17, 15) is 22.8 Å². The third kappa shape index (κ3) is 12.2. The van der Waals surface area contributed by atoms with Gasteiger partial charge in [0.2, 0.25) is 5.96 Å². The highest BCUT2D eigenvalue weighted by atomic mass is 32.2. The van der Waals surface area contributed by atoms with Crippen molar-refractivity contribution in [3.05, 3.63) is 59.4 Å². The van der Waals surface area contributed by atoms with E-state index in [1.807, 2.05) is 6.92 Å². The van der Waals surface area contributed by atoms with E-state index < -0.39 is 39.3 Å². The number of aliphatic imine (C=N–C) groups is 1. The zero-order chi connectivity index (χ0) is 37.4. The zero-order valence-corrected chi connectivity index (χ0v) is 31.0. The van der Waals surface area contributed by atoms with Crippen molar-refractivity contribution in [2.75, 3.05) is 47.2 Å². The van der Waals surface area contributed by atoms with Crippen molar-refractivity contribution in [2.24, 2.45) is 4.99 Å². The molecule has 3 rings (SSSR count). The molecule has 0 unspecified atom stereocenters. The van der Waals surface area contributed by atoms with E-state index in [4.69, 9.17) is 18.4 Å². The molecule has 50 heavy (non-hydrogen) atoms. The van der Waals surface area contributed by atoms with Gasteiger partial charge in [-0.25, -0.2) is 23.7 Å². The van der Waals surface area contributed by atoms with Crippen LogP contribution in [0.4, 0.5) is 18.8 Å². The van der Waals surface area contributed by atoms with Gasteiger partial charge in [-0.05, 0) is 84.7 Å². The van der Waals surface area contributed by atoms with Crippen molar-refractivity contribution < 1.29 is 45.6 Å². The predicted molar refractivity (Wildman–Crippen MR) is 184 cm³/mol. The van der Waals surface area contributed by atoms with Crippen LogP contribution in [0.25, 0.3) is 0 Å². The number of ether oxygens (including phenoxy) is 3. The molecule has 0 bridgehead atoms. The number of guanidine groups is 1. The Morgan fingerprint density at radius 1 is 0.920 bits per heavy atom. The van der Waals surface area contributed by atoms with Crippen LogP contribution in [-0.2, 0) is 30.2 Å². The maximum atomic E-state index is 15.1. The van der Waals surface area contributed by atoms with Crippen LogP contribution in [0.15, 0.2) is 52.4 Å². The fraction of sp³-hybridized carbons (Fsp3) is 0.529. The van der Waals surface area contributed by atoms with Crippen LogP contribution in [-0.4, -0.2) is 111 Å². The molecule has 14 nitrogen and oxygen atoms in total. The standard InChI is InChI=1S/C34H48FN5O9S/c1-24-11-14-26(15-12-24)50(44,45)47-20-10-19-46-28-16-13-25(21-27(28)35)17-18-40(32(43)49-34(5,6)7)29(36-30(41)48-33(2,3)4)39-22-37(8)31(42)38(9)23-39/h11-16,21H,10,17-20,22-23H2,1-9H3. The number of rotatable bonds is 10. The van der Waals surface area contributed by atoms with Crippen molar-refractivity contribution >= 4 is 34.3 Å². The third-order valence-electron chi connectivity index (χ3n) is 6.86. The maximum Gasteiger partial charge on any atom is 0.437 e. The number of carbonyl (C=O) groups excluding carboxylic acids is 3. The Morgan fingerprint density at radius 2 is 1.52 bits per heavy atom. The first-order valence-electron chi connectivity index (χ1n) is 16.1. The average Bonchev–Trinajstić information content (AvgIpc) is 2.98. The molecule has 16 heteroatoms. The van der Waals surface area contributed by atoms with Crippen molar-refractivity contribution in [3.8, 4) is 5.75 Å². The number of carbonyl (C=O) groups is 3. The van der Waals surface area contributed by atoms with Crippen molar-refractivity contribution in [1.29, 1.82) is 0 Å². The maximum absolute atomic E-state index is 15.1. The summed E-state index contributed by atoms with van der Waals surface area (Å²) in [4.78, 5) is 48.8. The highest BCUT2D eigenvalue weighted by molar-refractivity contribution is 7.86. The predicted octanol–water partition coefficient (Wildman–Crippen LogP) is 5.59. The summed E-state index contributed by atoms with van der Waals surface area (Å²) >= 11 is 0. The summed E-state index contributed by atoms with van der Waals surface area (Å²) in [6.45, 7) is 11.7. The lowest BCUT2D eigenvalue weighted by Gasteiger charge is -2.42. The SMILES string of the molecule is Cc1ccc(S(=O)(=O)OCCCOc2ccc(CCN(C(=O)OC(C)(C)C)C(=NC(=O)OC(C)(C)C)N3CN(C)C(=O)N(C)C3)cc2F)cc1. The van der Waals surface area contributed by atoms with Crippen LogP contribution >= 0.6 is 0 Å². The average molecular weight is 722 g/mol. The highest BCUT2D eigenvalue weighted by Gasteiger charge is 2.35. The molecule has 4 amide bonds. The monoisotopic (exact) mass is 721 g/mol. The minimum atomic E-state index is -3.93. The molecule has 1 heterocycles. The molecule has 0 aromatic heterocycles. The Kier molecular flexibility index (Phi) is 13.2. The Labute approximate surface area is 293 Å². The molecular weight excluding hydrogens is 673 g/mol. The molecule has 0 spiro atoms. The lowest BCUT2D eigenvalue weighted by atomic mass is 10.1. The van der Waals surface area contributed by atoms with Gasteiger partial charge in [0.15, 0.2) is 11.6 Å². The summed E-state index contributed by atoms with van der Waals surface area (Å²) in [6.07, 6.45) is -1.46. The fourth-order valence-electron chi connectivity index (χ4n) is 4.59. The molecule has 1 fully saturated rings. The van der Waals surface area contributed by atoms with Crippen molar-refractivity contribution in [2.45, 2.75) is 77.4 Å². The number of hydrogen-bond acceptors (Lipinski definition) is 9. The summed E-state index contributed by atoms with van der Waals surface area (Å²) in [5, 5.41) is 0. The first-order chi connectivity index (χ1) is 23.1. The van der Waals surface area contributed by atoms with Gasteiger partial charge >= 0.3 is 18.2 Å². The van der Waals surface area contributed by atoms with E-state index in [0.29, 0.717) is 5.56 Å². The second-order valence-electron chi connectivity index (χ2n) is 13.8. The molecule has 276 valence electrons. The Morgan fingerprint density at radius 3 is 2.08 bits per heavy atom. The lowest BCUT2D eigenvalue weighted by Crippen LogP contribution is -2.61. The minimum absolute atomic E-state index is 0.00216. The van der Waals surface area contributed by atoms with E-state index in [1.54, 1.807) is 78.7 Å². The number of urea groups is 1. The Hall–Kier alpha value is -4.44. The van der Waals surface area contributed by atoms with E-state index >= 15 is 4.39 Å². The van der Waals surface area contributed by atoms with E-state index in [0.717, 1.165) is 5.56 Å². The van der Waals surface area contributed by atoms with Crippen LogP contribution < -0.4 is 4.74 Å². The second-order valence-corrected chi connectivity index (χ2v) is 15.4. The van der Waals surface area contributed by atoms with Gasteiger partial charge in [-0.3, -0.25) is 4.18 Å². The number of amides is 4. The Balaban J connectivity index is 1.75. The quantitative estimate of drug-likeness (QED) is 0.132. The van der Waals surface area contributed by atoms with Gasteiger partial charge < -0.3 is 28.9 Å². The van der Waals surface area contributed by atoms with Crippen molar-refractivity contribution in [1.82, 2.24) is 19.6 Å². The highest BCUT2D eigenvalue weighted by Crippen LogP contribution is 2.21. The molecule has 0 saturated carbocycles. The van der Waals surface area contributed by atoms with Gasteiger partial charge in [0.1, 0.15) is 11.2 Å². The molecular formula is C34H48FN5O9S.